The summed E-state index contributed by atoms with van der Waals surface area (Å²) in [6.07, 6.45) is -0.443. The monoisotopic (exact) mass is 392 g/mol. The van der Waals surface area contributed by atoms with Crippen LogP contribution in [0.1, 0.15) is 23.7 Å². The fourth-order valence-electron chi connectivity index (χ4n) is 2.00. The van der Waals surface area contributed by atoms with Crippen LogP contribution in [0.4, 0.5) is 10.1 Å². The highest BCUT2D eigenvalue weighted by molar-refractivity contribution is 9.10. The lowest BCUT2D eigenvalue weighted by molar-refractivity contribution is -0.385. The number of hydrogen-bond donors (Lipinski definition) is 2. The minimum atomic E-state index is -1.27. The Kier molecular flexibility index (Phi) is 6.16. The number of amides is 1. The molecule has 10 heteroatoms. The van der Waals surface area contributed by atoms with Gasteiger partial charge < -0.3 is 15.2 Å². The molecule has 0 spiro atoms. The third-order valence-electron chi connectivity index (χ3n) is 2.88. The molecule has 126 valence electrons. The van der Waals surface area contributed by atoms with Gasteiger partial charge in [0.25, 0.3) is 11.6 Å². The van der Waals surface area contributed by atoms with Gasteiger partial charge in [0.2, 0.25) is 0 Å². The SMILES string of the molecule is COCC(C)(CC(=O)O)NC(=O)c1cc(F)cc([N+](=O)[O-])c1Br. The number of carboxylic acids is 1. The number of ether oxygens (including phenoxy) is 1. The number of halogens is 2. The van der Waals surface area contributed by atoms with Gasteiger partial charge in [0.05, 0.1) is 35.1 Å². The minimum absolute atomic E-state index is 0.111. The number of carbonyl (C=O) groups excluding carboxylic acids is 1. The summed E-state index contributed by atoms with van der Waals surface area (Å²) in [4.78, 5) is 33.2. The number of nitro groups is 1. The summed E-state index contributed by atoms with van der Waals surface area (Å²) in [7, 11) is 1.33. The van der Waals surface area contributed by atoms with Crippen molar-refractivity contribution in [3.05, 3.63) is 38.1 Å². The molecule has 1 aromatic rings. The summed E-state index contributed by atoms with van der Waals surface area (Å²) in [6.45, 7) is 1.32. The maximum atomic E-state index is 13.5. The fourth-order valence-corrected chi connectivity index (χ4v) is 2.55. The van der Waals surface area contributed by atoms with Crippen LogP contribution in [0, 0.1) is 15.9 Å². The lowest BCUT2D eigenvalue weighted by atomic mass is 9.98. The van der Waals surface area contributed by atoms with Gasteiger partial charge in [-0.2, -0.15) is 0 Å². The highest BCUT2D eigenvalue weighted by Gasteiger charge is 2.32. The molecular weight excluding hydrogens is 379 g/mol. The van der Waals surface area contributed by atoms with Crippen LogP contribution in [0.5, 0.6) is 0 Å². The predicted molar refractivity (Wildman–Crippen MR) is 80.8 cm³/mol. The standard InChI is InChI=1S/C13H14BrFN2O6/c1-13(6-23-2,5-10(18)19)16-12(20)8-3-7(15)4-9(11(8)14)17(21)22/h3-4H,5-6H2,1-2H3,(H,16,20)(H,18,19). The van der Waals surface area contributed by atoms with Crippen molar-refractivity contribution in [2.24, 2.45) is 0 Å². The van der Waals surface area contributed by atoms with Crippen LogP contribution in [-0.4, -0.2) is 41.2 Å². The molecule has 0 aliphatic carbocycles. The van der Waals surface area contributed by atoms with Crippen molar-refractivity contribution in [1.29, 1.82) is 0 Å². The maximum absolute atomic E-state index is 13.5. The van der Waals surface area contributed by atoms with Gasteiger partial charge in [0.15, 0.2) is 0 Å². The topological polar surface area (TPSA) is 119 Å². The molecule has 2 N–H and O–H groups in total. The van der Waals surface area contributed by atoms with Gasteiger partial charge in [-0.3, -0.25) is 19.7 Å². The van der Waals surface area contributed by atoms with Crippen LogP contribution in [0.15, 0.2) is 16.6 Å². The van der Waals surface area contributed by atoms with Crippen LogP contribution in [0.3, 0.4) is 0 Å². The number of rotatable bonds is 7. The number of nitrogens with zero attached hydrogens (tertiary/aromatic N) is 1. The highest BCUT2D eigenvalue weighted by atomic mass is 79.9. The Labute approximate surface area is 138 Å². The molecule has 23 heavy (non-hydrogen) atoms. The molecule has 0 aromatic heterocycles. The molecule has 1 unspecified atom stereocenters. The Morgan fingerprint density at radius 2 is 2.13 bits per heavy atom. The van der Waals surface area contributed by atoms with E-state index in [2.05, 4.69) is 21.2 Å². The molecule has 0 aliphatic rings. The second-order valence-electron chi connectivity index (χ2n) is 5.06. The van der Waals surface area contributed by atoms with Gasteiger partial charge in [-0.15, -0.1) is 0 Å². The summed E-state index contributed by atoms with van der Waals surface area (Å²) in [5, 5.41) is 22.2. The Morgan fingerprint density at radius 1 is 1.52 bits per heavy atom. The van der Waals surface area contributed by atoms with Gasteiger partial charge >= 0.3 is 5.97 Å². The third-order valence-corrected chi connectivity index (χ3v) is 3.71. The number of carboxylic acid groups (broad SMARTS) is 1. The predicted octanol–water partition coefficient (Wildman–Crippen LogP) is 2.11. The van der Waals surface area contributed by atoms with Crippen molar-refractivity contribution >= 4 is 33.5 Å². The zero-order valence-electron chi connectivity index (χ0n) is 12.3. The Morgan fingerprint density at radius 3 is 2.61 bits per heavy atom. The number of benzene rings is 1. The quantitative estimate of drug-likeness (QED) is 0.541. The summed E-state index contributed by atoms with van der Waals surface area (Å²) >= 11 is 2.90. The molecule has 0 saturated carbocycles. The highest BCUT2D eigenvalue weighted by Crippen LogP contribution is 2.30. The third kappa shape index (κ3) is 4.96. The van der Waals surface area contributed by atoms with Crippen molar-refractivity contribution in [1.82, 2.24) is 5.32 Å². The number of nitrogens with one attached hydrogen (secondary N) is 1. The van der Waals surface area contributed by atoms with Crippen molar-refractivity contribution in [2.45, 2.75) is 18.9 Å². The normalized spacial score (nSPS) is 13.2. The molecule has 1 atom stereocenters. The van der Waals surface area contributed by atoms with E-state index in [1.165, 1.54) is 14.0 Å². The molecule has 1 rings (SSSR count). The molecule has 0 heterocycles. The Balaban J connectivity index is 3.18. The zero-order valence-corrected chi connectivity index (χ0v) is 13.8. The van der Waals surface area contributed by atoms with Gasteiger partial charge in [-0.05, 0) is 28.9 Å². The van der Waals surface area contributed by atoms with Crippen molar-refractivity contribution in [3.63, 3.8) is 0 Å². The lowest BCUT2D eigenvalue weighted by Gasteiger charge is -2.28. The van der Waals surface area contributed by atoms with Crippen LogP contribution in [0.2, 0.25) is 0 Å². The maximum Gasteiger partial charge on any atom is 0.305 e. The smallest absolute Gasteiger partial charge is 0.305 e. The molecule has 1 aromatic carbocycles. The summed E-state index contributed by atoms with van der Waals surface area (Å²) in [5.41, 5.74) is -2.19. The summed E-state index contributed by atoms with van der Waals surface area (Å²) < 4.78 is 18.2. The van der Waals surface area contributed by atoms with Crippen LogP contribution in [-0.2, 0) is 9.53 Å². The van der Waals surface area contributed by atoms with Gasteiger partial charge in [-0.25, -0.2) is 4.39 Å². The van der Waals surface area contributed by atoms with Crippen LogP contribution >= 0.6 is 15.9 Å². The molecule has 0 bridgehead atoms. The van der Waals surface area contributed by atoms with Gasteiger partial charge in [0.1, 0.15) is 10.3 Å². The zero-order chi connectivity index (χ0) is 17.8. The number of methoxy groups -OCH3 is 1. The van der Waals surface area contributed by atoms with E-state index in [9.17, 15) is 24.1 Å². The van der Waals surface area contributed by atoms with Gasteiger partial charge in [0, 0.05) is 7.11 Å². The molecule has 0 radical (unpaired) electrons. The Hall–Kier alpha value is -2.07. The average Bonchev–Trinajstić information content (AvgIpc) is 2.39. The minimum Gasteiger partial charge on any atom is -0.481 e. The summed E-state index contributed by atoms with van der Waals surface area (Å²) in [6, 6.07) is 1.49. The number of aliphatic carboxylic acids is 1. The second kappa shape index (κ2) is 7.47. The molecule has 0 fully saturated rings. The number of nitro benzene ring substituents is 1. The first-order chi connectivity index (χ1) is 10.6. The van der Waals surface area contributed by atoms with Crippen LogP contribution < -0.4 is 5.32 Å². The van der Waals surface area contributed by atoms with E-state index in [0.29, 0.717) is 6.07 Å². The Bertz CT molecular complexity index is 654. The molecule has 8 nitrogen and oxygen atoms in total. The number of carbonyl (C=O) groups is 2. The molecule has 0 aliphatic heterocycles. The van der Waals surface area contributed by atoms with E-state index in [-0.39, 0.29) is 16.6 Å². The first-order valence-electron chi connectivity index (χ1n) is 6.26. The molecule has 1 amide bonds. The first-order valence-corrected chi connectivity index (χ1v) is 7.05. The van der Waals surface area contributed by atoms with E-state index in [1.807, 2.05) is 0 Å². The van der Waals surface area contributed by atoms with Crippen LogP contribution in [0.25, 0.3) is 0 Å². The van der Waals surface area contributed by atoms with E-state index in [1.54, 1.807) is 0 Å². The van der Waals surface area contributed by atoms with Crippen molar-refractivity contribution < 1.29 is 28.7 Å². The van der Waals surface area contributed by atoms with Crippen molar-refractivity contribution in [3.8, 4) is 0 Å². The van der Waals surface area contributed by atoms with Gasteiger partial charge in [-0.1, -0.05) is 0 Å². The second-order valence-corrected chi connectivity index (χ2v) is 5.85. The fraction of sp³-hybridized carbons (Fsp3) is 0.385. The summed E-state index contributed by atoms with van der Waals surface area (Å²) in [5.74, 6) is -2.99. The van der Waals surface area contributed by atoms with E-state index in [0.717, 1.165) is 6.07 Å². The van der Waals surface area contributed by atoms with E-state index in [4.69, 9.17) is 9.84 Å². The lowest BCUT2D eigenvalue weighted by Crippen LogP contribution is -2.50. The largest absolute Gasteiger partial charge is 0.481 e. The molecule has 0 saturated heterocycles. The van der Waals surface area contributed by atoms with Crippen molar-refractivity contribution in [2.75, 3.05) is 13.7 Å². The first kappa shape index (κ1) is 19.0. The van der Waals surface area contributed by atoms with E-state index < -0.39 is 40.3 Å². The average molecular weight is 393 g/mol. The number of hydrogen-bond acceptors (Lipinski definition) is 5. The molecular formula is C13H14BrFN2O6. The van der Waals surface area contributed by atoms with E-state index >= 15 is 0 Å².